The van der Waals surface area contributed by atoms with Gasteiger partial charge >= 0.3 is 0 Å². The van der Waals surface area contributed by atoms with Crippen LogP contribution in [0.4, 0.5) is 0 Å². The number of benzene rings is 2. The Morgan fingerprint density at radius 3 is 2.57 bits per heavy atom. The van der Waals surface area contributed by atoms with Gasteiger partial charge in [0, 0.05) is 25.8 Å². The van der Waals surface area contributed by atoms with Crippen molar-refractivity contribution in [3.8, 4) is 5.75 Å². The molecule has 0 saturated carbocycles. The molecule has 0 bridgehead atoms. The van der Waals surface area contributed by atoms with Crippen molar-refractivity contribution in [1.29, 1.82) is 0 Å². The Bertz CT molecular complexity index is 605. The van der Waals surface area contributed by atoms with E-state index in [2.05, 4.69) is 30.0 Å². The zero-order chi connectivity index (χ0) is 14.7. The van der Waals surface area contributed by atoms with Gasteiger partial charge in [0.2, 0.25) is 0 Å². The standard InChI is InChI=1S/C18H23NO2/c1-2-19(17-7-9-21-10-8-17)13-14-3-4-16-12-18(20)6-5-15(16)11-14/h3-6,11-12,17,20H,2,7-10,13H2,1H3. The van der Waals surface area contributed by atoms with Crippen LogP contribution in [0.25, 0.3) is 10.8 Å². The van der Waals surface area contributed by atoms with Crippen molar-refractivity contribution in [3.63, 3.8) is 0 Å². The fraction of sp³-hybridized carbons (Fsp3) is 0.444. The van der Waals surface area contributed by atoms with E-state index in [1.165, 1.54) is 10.9 Å². The molecular weight excluding hydrogens is 262 g/mol. The number of aromatic hydroxyl groups is 1. The zero-order valence-electron chi connectivity index (χ0n) is 12.6. The van der Waals surface area contributed by atoms with E-state index in [1.54, 1.807) is 6.07 Å². The largest absolute Gasteiger partial charge is 0.508 e. The SMILES string of the molecule is CCN(Cc1ccc2cc(O)ccc2c1)C1CCOCC1. The van der Waals surface area contributed by atoms with Crippen LogP contribution < -0.4 is 0 Å². The number of nitrogens with zero attached hydrogens (tertiary/aromatic N) is 1. The van der Waals surface area contributed by atoms with Gasteiger partial charge in [-0.3, -0.25) is 4.90 Å². The molecule has 1 heterocycles. The van der Waals surface area contributed by atoms with Gasteiger partial charge in [0.05, 0.1) is 0 Å². The summed E-state index contributed by atoms with van der Waals surface area (Å²) in [6.45, 7) is 6.06. The highest BCUT2D eigenvalue weighted by Gasteiger charge is 2.20. The van der Waals surface area contributed by atoms with Crippen LogP contribution in [0, 0.1) is 0 Å². The van der Waals surface area contributed by atoms with Gasteiger partial charge < -0.3 is 9.84 Å². The summed E-state index contributed by atoms with van der Waals surface area (Å²) in [6.07, 6.45) is 2.27. The summed E-state index contributed by atoms with van der Waals surface area (Å²) in [6, 6.07) is 12.7. The van der Waals surface area contributed by atoms with Crippen molar-refractivity contribution in [2.45, 2.75) is 32.4 Å². The van der Waals surface area contributed by atoms with E-state index in [1.807, 2.05) is 12.1 Å². The maximum Gasteiger partial charge on any atom is 0.116 e. The highest BCUT2D eigenvalue weighted by atomic mass is 16.5. The normalized spacial score (nSPS) is 16.7. The Hall–Kier alpha value is -1.58. The first kappa shape index (κ1) is 14.4. The summed E-state index contributed by atoms with van der Waals surface area (Å²) in [5, 5.41) is 11.8. The molecule has 0 atom stereocenters. The fourth-order valence-electron chi connectivity index (χ4n) is 3.16. The maximum absolute atomic E-state index is 9.53. The van der Waals surface area contributed by atoms with Crippen LogP contribution in [0.3, 0.4) is 0 Å². The molecular formula is C18H23NO2. The summed E-state index contributed by atoms with van der Waals surface area (Å²) in [5.41, 5.74) is 1.33. The van der Waals surface area contributed by atoms with Gasteiger partial charge in [0.25, 0.3) is 0 Å². The third kappa shape index (κ3) is 3.36. The second-order valence-corrected chi connectivity index (χ2v) is 5.77. The Kier molecular flexibility index (Phi) is 4.42. The first-order valence-corrected chi connectivity index (χ1v) is 7.79. The van der Waals surface area contributed by atoms with Crippen molar-refractivity contribution in [2.75, 3.05) is 19.8 Å². The Morgan fingerprint density at radius 2 is 1.81 bits per heavy atom. The molecule has 1 N–H and O–H groups in total. The summed E-state index contributed by atoms with van der Waals surface area (Å²) in [7, 11) is 0. The van der Waals surface area contributed by atoms with E-state index in [0.717, 1.165) is 44.5 Å². The van der Waals surface area contributed by atoms with Crippen molar-refractivity contribution >= 4 is 10.8 Å². The maximum atomic E-state index is 9.53. The van der Waals surface area contributed by atoms with Gasteiger partial charge in [-0.25, -0.2) is 0 Å². The predicted molar refractivity (Wildman–Crippen MR) is 85.5 cm³/mol. The molecule has 1 aliphatic rings. The molecule has 3 rings (SSSR count). The van der Waals surface area contributed by atoms with Crippen molar-refractivity contribution < 1.29 is 9.84 Å². The fourth-order valence-corrected chi connectivity index (χ4v) is 3.16. The molecule has 0 radical (unpaired) electrons. The minimum atomic E-state index is 0.327. The highest BCUT2D eigenvalue weighted by molar-refractivity contribution is 5.84. The number of hydrogen-bond acceptors (Lipinski definition) is 3. The monoisotopic (exact) mass is 285 g/mol. The number of phenolic OH excluding ortho intramolecular Hbond substituents is 1. The third-order valence-electron chi connectivity index (χ3n) is 4.39. The average molecular weight is 285 g/mol. The lowest BCUT2D eigenvalue weighted by Gasteiger charge is -2.33. The molecule has 112 valence electrons. The number of ether oxygens (including phenoxy) is 1. The first-order chi connectivity index (χ1) is 10.3. The lowest BCUT2D eigenvalue weighted by molar-refractivity contribution is 0.0330. The molecule has 3 nitrogen and oxygen atoms in total. The molecule has 2 aromatic rings. The molecule has 1 fully saturated rings. The molecule has 0 spiro atoms. The van der Waals surface area contributed by atoms with Crippen molar-refractivity contribution in [1.82, 2.24) is 4.90 Å². The minimum Gasteiger partial charge on any atom is -0.508 e. The van der Waals surface area contributed by atoms with E-state index >= 15 is 0 Å². The molecule has 0 aliphatic carbocycles. The van der Waals surface area contributed by atoms with Gasteiger partial charge in [-0.2, -0.15) is 0 Å². The van der Waals surface area contributed by atoms with Gasteiger partial charge in [0.1, 0.15) is 5.75 Å². The van der Waals surface area contributed by atoms with E-state index in [-0.39, 0.29) is 0 Å². The van der Waals surface area contributed by atoms with Crippen LogP contribution >= 0.6 is 0 Å². The summed E-state index contributed by atoms with van der Waals surface area (Å²) in [5.74, 6) is 0.327. The number of phenols is 1. The number of fused-ring (bicyclic) bond motifs is 1. The molecule has 0 amide bonds. The molecule has 3 heteroatoms. The van der Waals surface area contributed by atoms with E-state index in [4.69, 9.17) is 4.74 Å². The summed E-state index contributed by atoms with van der Waals surface area (Å²) >= 11 is 0. The van der Waals surface area contributed by atoms with Gasteiger partial charge in [0.15, 0.2) is 0 Å². The van der Waals surface area contributed by atoms with Crippen molar-refractivity contribution in [3.05, 3.63) is 42.0 Å². The van der Waals surface area contributed by atoms with Crippen LogP contribution in [-0.4, -0.2) is 35.8 Å². The topological polar surface area (TPSA) is 32.7 Å². The second kappa shape index (κ2) is 6.46. The van der Waals surface area contributed by atoms with Crippen LogP contribution in [0.1, 0.15) is 25.3 Å². The Labute approximate surface area is 126 Å². The van der Waals surface area contributed by atoms with Crippen LogP contribution in [0.2, 0.25) is 0 Å². The Morgan fingerprint density at radius 1 is 1.10 bits per heavy atom. The van der Waals surface area contributed by atoms with Gasteiger partial charge in [-0.15, -0.1) is 0 Å². The van der Waals surface area contributed by atoms with Crippen LogP contribution in [-0.2, 0) is 11.3 Å². The second-order valence-electron chi connectivity index (χ2n) is 5.77. The zero-order valence-corrected chi connectivity index (χ0v) is 12.6. The molecule has 1 saturated heterocycles. The smallest absolute Gasteiger partial charge is 0.116 e. The predicted octanol–water partition coefficient (Wildman–Crippen LogP) is 3.55. The molecule has 21 heavy (non-hydrogen) atoms. The van der Waals surface area contributed by atoms with Gasteiger partial charge in [-0.1, -0.05) is 25.1 Å². The molecule has 2 aromatic carbocycles. The van der Waals surface area contributed by atoms with Gasteiger partial charge in [-0.05, 0) is 53.9 Å². The number of hydrogen-bond donors (Lipinski definition) is 1. The average Bonchev–Trinajstić information content (AvgIpc) is 2.53. The van der Waals surface area contributed by atoms with Crippen molar-refractivity contribution in [2.24, 2.45) is 0 Å². The van der Waals surface area contributed by atoms with Crippen LogP contribution in [0.5, 0.6) is 5.75 Å². The van der Waals surface area contributed by atoms with E-state index < -0.39 is 0 Å². The number of rotatable bonds is 4. The molecule has 0 unspecified atom stereocenters. The molecule has 0 aromatic heterocycles. The van der Waals surface area contributed by atoms with E-state index in [9.17, 15) is 5.11 Å². The summed E-state index contributed by atoms with van der Waals surface area (Å²) in [4.78, 5) is 2.55. The quantitative estimate of drug-likeness (QED) is 0.932. The Balaban J connectivity index is 1.77. The van der Waals surface area contributed by atoms with E-state index in [0.29, 0.717) is 11.8 Å². The van der Waals surface area contributed by atoms with Crippen LogP contribution in [0.15, 0.2) is 36.4 Å². The first-order valence-electron chi connectivity index (χ1n) is 7.79. The lowest BCUT2D eigenvalue weighted by Crippen LogP contribution is -2.38. The third-order valence-corrected chi connectivity index (χ3v) is 4.39. The molecule has 1 aliphatic heterocycles. The lowest BCUT2D eigenvalue weighted by atomic mass is 10.0. The summed E-state index contributed by atoms with van der Waals surface area (Å²) < 4.78 is 5.46. The highest BCUT2D eigenvalue weighted by Crippen LogP contribution is 2.23. The minimum absolute atomic E-state index is 0.327.